The van der Waals surface area contributed by atoms with Crippen LogP contribution in [0.2, 0.25) is 0 Å². The molecule has 2 fully saturated rings. The molecule has 25 heavy (non-hydrogen) atoms. The molecule has 126 valence electrons. The Morgan fingerprint density at radius 3 is 2.56 bits per heavy atom. The van der Waals surface area contributed by atoms with Gasteiger partial charge in [-0.3, -0.25) is 0 Å². The summed E-state index contributed by atoms with van der Waals surface area (Å²) in [5.74, 6) is 1.89. The van der Waals surface area contributed by atoms with E-state index in [0.717, 1.165) is 18.2 Å². The van der Waals surface area contributed by atoms with E-state index in [1.54, 1.807) is 0 Å². The average Bonchev–Trinajstić information content (AvgIpc) is 3.14. The number of aromatic nitrogens is 2. The molecule has 2 unspecified atom stereocenters. The van der Waals surface area contributed by atoms with Gasteiger partial charge in [0.05, 0.1) is 12.1 Å². The fourth-order valence-corrected chi connectivity index (χ4v) is 3.55. The molecule has 2 atom stereocenters. The SMILES string of the molecule is C#Cc1nc(C2CC3NC(=O)NC3C2)ncc1-c1cc(F)ccc1F. The Bertz CT molecular complexity index is 892. The normalized spacial score (nSPS) is 24.4. The predicted molar refractivity (Wildman–Crippen MR) is 86.5 cm³/mol. The molecule has 1 aromatic heterocycles. The lowest BCUT2D eigenvalue weighted by Gasteiger charge is -2.12. The molecule has 1 aromatic carbocycles. The zero-order chi connectivity index (χ0) is 17.6. The lowest BCUT2D eigenvalue weighted by molar-refractivity contribution is 0.246. The maximum Gasteiger partial charge on any atom is 0.315 e. The van der Waals surface area contributed by atoms with E-state index >= 15 is 0 Å². The molecule has 1 saturated heterocycles. The highest BCUT2D eigenvalue weighted by Crippen LogP contribution is 2.36. The van der Waals surface area contributed by atoms with Crippen LogP contribution in [-0.2, 0) is 0 Å². The number of halogens is 2. The molecule has 4 rings (SSSR count). The van der Waals surface area contributed by atoms with E-state index < -0.39 is 11.6 Å². The second-order valence-electron chi connectivity index (χ2n) is 6.26. The Kier molecular flexibility index (Phi) is 3.61. The second kappa shape index (κ2) is 5.81. The van der Waals surface area contributed by atoms with E-state index in [1.165, 1.54) is 6.20 Å². The molecular weight excluding hydrogens is 326 g/mol. The van der Waals surface area contributed by atoms with Gasteiger partial charge in [0.2, 0.25) is 0 Å². The van der Waals surface area contributed by atoms with Crippen molar-refractivity contribution < 1.29 is 13.6 Å². The molecule has 1 aliphatic heterocycles. The highest BCUT2D eigenvalue weighted by Gasteiger charge is 2.42. The number of fused-ring (bicyclic) bond motifs is 1. The number of carbonyl (C=O) groups excluding carboxylic acids is 1. The molecular formula is C18H14F2N4O. The molecule has 7 heteroatoms. The summed E-state index contributed by atoms with van der Waals surface area (Å²) < 4.78 is 27.5. The quantitative estimate of drug-likeness (QED) is 0.825. The van der Waals surface area contributed by atoms with Crippen LogP contribution in [0.15, 0.2) is 24.4 Å². The first-order valence-corrected chi connectivity index (χ1v) is 7.91. The Balaban J connectivity index is 1.66. The van der Waals surface area contributed by atoms with Crippen LogP contribution < -0.4 is 10.6 Å². The summed E-state index contributed by atoms with van der Waals surface area (Å²) in [6, 6.07) is 3.11. The Labute approximate surface area is 142 Å². The molecule has 1 saturated carbocycles. The Morgan fingerprint density at radius 2 is 1.88 bits per heavy atom. The molecule has 0 bridgehead atoms. The van der Waals surface area contributed by atoms with Gasteiger partial charge in [-0.2, -0.15) is 0 Å². The number of hydrogen-bond acceptors (Lipinski definition) is 3. The number of carbonyl (C=O) groups is 1. The average molecular weight is 340 g/mol. The van der Waals surface area contributed by atoms with Crippen LogP contribution in [0.4, 0.5) is 13.6 Å². The van der Waals surface area contributed by atoms with Gasteiger partial charge in [-0.1, -0.05) is 0 Å². The summed E-state index contributed by atoms with van der Waals surface area (Å²) in [6.45, 7) is 0. The van der Waals surface area contributed by atoms with Crippen LogP contribution in [0.3, 0.4) is 0 Å². The van der Waals surface area contributed by atoms with Crippen molar-refractivity contribution in [3.63, 3.8) is 0 Å². The van der Waals surface area contributed by atoms with Gasteiger partial charge in [-0.15, -0.1) is 6.42 Å². The van der Waals surface area contributed by atoms with Crippen molar-refractivity contribution >= 4 is 6.03 Å². The second-order valence-corrected chi connectivity index (χ2v) is 6.26. The van der Waals surface area contributed by atoms with Crippen molar-refractivity contribution in [2.75, 3.05) is 0 Å². The van der Waals surface area contributed by atoms with Crippen LogP contribution in [0.25, 0.3) is 11.1 Å². The minimum Gasteiger partial charge on any atom is -0.333 e. The number of rotatable bonds is 2. The largest absolute Gasteiger partial charge is 0.333 e. The third-order valence-electron chi connectivity index (χ3n) is 4.72. The number of hydrogen-bond donors (Lipinski definition) is 2. The smallest absolute Gasteiger partial charge is 0.315 e. The summed E-state index contributed by atoms with van der Waals surface area (Å²) in [7, 11) is 0. The number of nitrogens with zero attached hydrogens (tertiary/aromatic N) is 2. The molecule has 5 nitrogen and oxygen atoms in total. The maximum absolute atomic E-state index is 14.0. The third kappa shape index (κ3) is 2.70. The van der Waals surface area contributed by atoms with Crippen LogP contribution in [0.1, 0.15) is 30.3 Å². The van der Waals surface area contributed by atoms with Gasteiger partial charge in [0.1, 0.15) is 23.2 Å². The minimum atomic E-state index is -0.587. The lowest BCUT2D eigenvalue weighted by atomic mass is 10.0. The number of urea groups is 1. The lowest BCUT2D eigenvalue weighted by Crippen LogP contribution is -2.26. The van der Waals surface area contributed by atoms with Crippen molar-refractivity contribution in [3.05, 3.63) is 47.5 Å². The third-order valence-corrected chi connectivity index (χ3v) is 4.72. The summed E-state index contributed by atoms with van der Waals surface area (Å²) >= 11 is 0. The van der Waals surface area contributed by atoms with Gasteiger partial charge < -0.3 is 10.6 Å². The number of terminal acetylenes is 1. The standard InChI is InChI=1S/C18H14F2N4O/c1-2-14-12(11-7-10(19)3-4-13(11)20)8-21-17(22-14)9-5-15-16(6-9)24-18(25)23-15/h1,3-4,7-9,15-16H,5-6H2,(H2,23,24,25). The fourth-order valence-electron chi connectivity index (χ4n) is 3.55. The topological polar surface area (TPSA) is 66.9 Å². The molecule has 0 radical (unpaired) electrons. The van der Waals surface area contributed by atoms with Gasteiger partial charge in [0, 0.05) is 23.2 Å². The van der Waals surface area contributed by atoms with E-state index in [1.807, 2.05) is 0 Å². The van der Waals surface area contributed by atoms with Crippen molar-refractivity contribution in [1.29, 1.82) is 0 Å². The summed E-state index contributed by atoms with van der Waals surface area (Å²) in [5.41, 5.74) is 0.549. The Morgan fingerprint density at radius 1 is 1.16 bits per heavy atom. The molecule has 2 heterocycles. The van der Waals surface area contributed by atoms with Crippen molar-refractivity contribution in [2.24, 2.45) is 0 Å². The number of amides is 2. The van der Waals surface area contributed by atoms with Gasteiger partial charge in [0.25, 0.3) is 0 Å². The zero-order valence-electron chi connectivity index (χ0n) is 13.1. The first-order chi connectivity index (χ1) is 12.0. The van der Waals surface area contributed by atoms with Gasteiger partial charge in [-0.05, 0) is 37.0 Å². The van der Waals surface area contributed by atoms with Crippen LogP contribution in [-0.4, -0.2) is 28.1 Å². The maximum atomic E-state index is 14.0. The van der Waals surface area contributed by atoms with Gasteiger partial charge in [-0.25, -0.2) is 23.5 Å². The van der Waals surface area contributed by atoms with Crippen molar-refractivity contribution in [1.82, 2.24) is 20.6 Å². The molecule has 2 aromatic rings. The highest BCUT2D eigenvalue weighted by molar-refractivity contribution is 5.77. The minimum absolute atomic E-state index is 0.0386. The first-order valence-electron chi connectivity index (χ1n) is 7.91. The monoisotopic (exact) mass is 340 g/mol. The molecule has 2 N–H and O–H groups in total. The zero-order valence-corrected chi connectivity index (χ0v) is 13.1. The van der Waals surface area contributed by atoms with Gasteiger partial charge in [0.15, 0.2) is 0 Å². The van der Waals surface area contributed by atoms with E-state index in [2.05, 4.69) is 26.5 Å². The molecule has 1 aliphatic carbocycles. The van der Waals surface area contributed by atoms with Crippen LogP contribution in [0, 0.1) is 24.0 Å². The summed E-state index contributed by atoms with van der Waals surface area (Å²) in [4.78, 5) is 20.0. The molecule has 2 amide bonds. The van der Waals surface area contributed by atoms with Crippen molar-refractivity contribution in [3.8, 4) is 23.5 Å². The predicted octanol–water partition coefficient (Wildman–Crippen LogP) is 2.33. The highest BCUT2D eigenvalue weighted by atomic mass is 19.1. The number of benzene rings is 1. The van der Waals surface area contributed by atoms with E-state index in [4.69, 9.17) is 6.42 Å². The van der Waals surface area contributed by atoms with E-state index in [9.17, 15) is 13.6 Å². The van der Waals surface area contributed by atoms with Crippen molar-refractivity contribution in [2.45, 2.75) is 30.8 Å². The fraction of sp³-hybridized carbons (Fsp3) is 0.278. The summed E-state index contributed by atoms with van der Waals surface area (Å²) in [5, 5.41) is 5.72. The van der Waals surface area contributed by atoms with Crippen LogP contribution in [0.5, 0.6) is 0 Å². The summed E-state index contributed by atoms with van der Waals surface area (Å²) in [6.07, 6.45) is 8.39. The molecule has 2 aliphatic rings. The van der Waals surface area contributed by atoms with Crippen LogP contribution >= 0.6 is 0 Å². The van der Waals surface area contributed by atoms with E-state index in [0.29, 0.717) is 18.7 Å². The Hall–Kier alpha value is -3.01. The van der Waals surface area contributed by atoms with Gasteiger partial charge >= 0.3 is 6.03 Å². The number of nitrogens with one attached hydrogen (secondary N) is 2. The van der Waals surface area contributed by atoms with E-state index in [-0.39, 0.29) is 40.9 Å². The molecule has 0 spiro atoms. The first kappa shape index (κ1) is 15.5.